The van der Waals surface area contributed by atoms with Crippen molar-refractivity contribution in [2.45, 2.75) is 25.8 Å². The van der Waals surface area contributed by atoms with Gasteiger partial charge in [0.2, 0.25) is 5.91 Å². The van der Waals surface area contributed by atoms with Crippen molar-refractivity contribution in [2.24, 2.45) is 0 Å². The van der Waals surface area contributed by atoms with Crippen LogP contribution in [0.5, 0.6) is 11.5 Å². The Morgan fingerprint density at radius 1 is 0.800 bits per heavy atom. The fourth-order valence-corrected chi connectivity index (χ4v) is 4.60. The topological polar surface area (TPSA) is 120 Å². The van der Waals surface area contributed by atoms with Gasteiger partial charge in [0.25, 0.3) is 5.91 Å². The van der Waals surface area contributed by atoms with Crippen LogP contribution in [-0.2, 0) is 24.6 Å². The molecular formula is C30H30N2O8. The molecule has 1 unspecified atom stereocenters. The fraction of sp³-hybridized carbons (Fsp3) is 0.267. The molecule has 0 saturated carbocycles. The van der Waals surface area contributed by atoms with E-state index < -0.39 is 23.4 Å². The minimum atomic E-state index is -1.44. The lowest BCUT2D eigenvalue weighted by Crippen LogP contribution is -2.67. The van der Waals surface area contributed by atoms with Gasteiger partial charge in [-0.1, -0.05) is 6.07 Å². The highest BCUT2D eigenvalue weighted by Gasteiger charge is 2.58. The Bertz CT molecular complexity index is 1420. The van der Waals surface area contributed by atoms with Gasteiger partial charge in [-0.05, 0) is 80.1 Å². The summed E-state index contributed by atoms with van der Waals surface area (Å²) in [4.78, 5) is 52.7. The van der Waals surface area contributed by atoms with Gasteiger partial charge < -0.3 is 24.3 Å². The molecule has 0 aliphatic carbocycles. The quantitative estimate of drug-likeness (QED) is 0.295. The van der Waals surface area contributed by atoms with Crippen molar-refractivity contribution in [1.29, 1.82) is 0 Å². The second-order valence-electron chi connectivity index (χ2n) is 8.86. The molecule has 2 amide bonds. The van der Waals surface area contributed by atoms with Crippen molar-refractivity contribution < 1.29 is 38.1 Å². The first kappa shape index (κ1) is 28.2. The van der Waals surface area contributed by atoms with Crippen LogP contribution in [0, 0.1) is 0 Å². The maximum absolute atomic E-state index is 14.0. The summed E-state index contributed by atoms with van der Waals surface area (Å²) in [5, 5.41) is 2.88. The molecule has 1 saturated heterocycles. The van der Waals surface area contributed by atoms with Crippen LogP contribution in [0.3, 0.4) is 0 Å². The number of benzene rings is 3. The van der Waals surface area contributed by atoms with Gasteiger partial charge in [-0.3, -0.25) is 14.5 Å². The molecule has 1 N–H and O–H groups in total. The van der Waals surface area contributed by atoms with Crippen LogP contribution in [0.4, 0.5) is 11.4 Å². The number of hydrogen-bond donors (Lipinski definition) is 1. The van der Waals surface area contributed by atoms with Crippen LogP contribution in [-0.4, -0.2) is 51.2 Å². The molecular weight excluding hydrogens is 516 g/mol. The van der Waals surface area contributed by atoms with Crippen molar-refractivity contribution in [1.82, 2.24) is 0 Å². The Morgan fingerprint density at radius 3 is 1.85 bits per heavy atom. The molecule has 3 aromatic carbocycles. The second-order valence-corrected chi connectivity index (χ2v) is 8.86. The number of ether oxygens (including phenoxy) is 4. The monoisotopic (exact) mass is 546 g/mol. The zero-order valence-corrected chi connectivity index (χ0v) is 22.7. The minimum absolute atomic E-state index is 0.116. The zero-order valence-electron chi connectivity index (χ0n) is 22.7. The fourth-order valence-electron chi connectivity index (χ4n) is 4.60. The number of nitrogens with zero attached hydrogens (tertiary/aromatic N) is 1. The van der Waals surface area contributed by atoms with E-state index in [2.05, 4.69) is 5.32 Å². The molecule has 1 fully saturated rings. The number of nitrogens with one attached hydrogen (secondary N) is 1. The number of rotatable bonds is 10. The summed E-state index contributed by atoms with van der Waals surface area (Å²) in [6.45, 7) is 3.91. The second kappa shape index (κ2) is 11.9. The third kappa shape index (κ3) is 5.20. The van der Waals surface area contributed by atoms with Gasteiger partial charge in [0, 0.05) is 11.4 Å². The number of carbonyl (C=O) groups excluding carboxylic acids is 4. The third-order valence-corrected chi connectivity index (χ3v) is 6.57. The van der Waals surface area contributed by atoms with Crippen LogP contribution in [0.2, 0.25) is 0 Å². The van der Waals surface area contributed by atoms with Gasteiger partial charge in [-0.2, -0.15) is 0 Å². The lowest BCUT2D eigenvalue weighted by molar-refractivity contribution is -0.137. The largest absolute Gasteiger partial charge is 0.493 e. The number of esters is 2. The van der Waals surface area contributed by atoms with Gasteiger partial charge in [-0.25, -0.2) is 9.59 Å². The van der Waals surface area contributed by atoms with Crippen molar-refractivity contribution in [3.8, 4) is 11.5 Å². The lowest BCUT2D eigenvalue weighted by Gasteiger charge is -2.50. The summed E-state index contributed by atoms with van der Waals surface area (Å²) in [7, 11) is 2.99. The highest BCUT2D eigenvalue weighted by molar-refractivity contribution is 6.17. The van der Waals surface area contributed by atoms with Gasteiger partial charge in [0.1, 0.15) is 0 Å². The van der Waals surface area contributed by atoms with Gasteiger partial charge >= 0.3 is 11.9 Å². The Balaban J connectivity index is 1.74. The maximum Gasteiger partial charge on any atom is 0.338 e. The van der Waals surface area contributed by atoms with E-state index in [1.165, 1.54) is 19.1 Å². The van der Waals surface area contributed by atoms with Crippen LogP contribution in [0.25, 0.3) is 0 Å². The normalized spacial score (nSPS) is 16.0. The Morgan fingerprint density at radius 2 is 1.35 bits per heavy atom. The van der Waals surface area contributed by atoms with E-state index in [1.54, 1.807) is 80.6 Å². The third-order valence-electron chi connectivity index (χ3n) is 6.57. The van der Waals surface area contributed by atoms with Gasteiger partial charge in [-0.15, -0.1) is 0 Å². The molecule has 4 rings (SSSR count). The Labute approximate surface area is 231 Å². The number of anilines is 2. The van der Waals surface area contributed by atoms with E-state index >= 15 is 0 Å². The number of β-lactam (4-membered cyclic amide) rings is 1. The first-order valence-corrected chi connectivity index (χ1v) is 12.7. The SMILES string of the molecule is CCOC(=O)c1ccc(NC(=O)C2(c3ccc(OC)c(OC)c3)CC(=O)N2c2ccc(C(=O)OCC)cc2)cc1. The number of amides is 2. The summed E-state index contributed by atoms with van der Waals surface area (Å²) in [6, 6.07) is 17.6. The van der Waals surface area contributed by atoms with E-state index in [0.717, 1.165) is 0 Å². The Kier molecular flexibility index (Phi) is 8.37. The summed E-state index contributed by atoms with van der Waals surface area (Å²) in [5.74, 6) is -0.859. The molecule has 208 valence electrons. The maximum atomic E-state index is 14.0. The highest BCUT2D eigenvalue weighted by atomic mass is 16.5. The van der Waals surface area contributed by atoms with E-state index in [4.69, 9.17) is 18.9 Å². The summed E-state index contributed by atoms with van der Waals surface area (Å²) >= 11 is 0. The Hall–Kier alpha value is -4.86. The van der Waals surface area contributed by atoms with E-state index in [-0.39, 0.29) is 25.5 Å². The average Bonchev–Trinajstić information content (AvgIpc) is 2.96. The smallest absolute Gasteiger partial charge is 0.338 e. The zero-order chi connectivity index (χ0) is 28.9. The predicted molar refractivity (Wildman–Crippen MR) is 147 cm³/mol. The molecule has 10 heteroatoms. The van der Waals surface area contributed by atoms with Crippen LogP contribution in [0.15, 0.2) is 66.7 Å². The number of hydrogen-bond acceptors (Lipinski definition) is 8. The molecule has 0 radical (unpaired) electrons. The molecule has 1 aliphatic heterocycles. The molecule has 1 aliphatic rings. The number of carbonyl (C=O) groups is 4. The summed E-state index contributed by atoms with van der Waals surface area (Å²) < 4.78 is 20.9. The summed E-state index contributed by atoms with van der Waals surface area (Å²) in [5.41, 5.74) is 0.571. The molecule has 0 aromatic heterocycles. The van der Waals surface area contributed by atoms with Crippen LogP contribution < -0.4 is 19.7 Å². The van der Waals surface area contributed by atoms with Crippen molar-refractivity contribution in [3.05, 3.63) is 83.4 Å². The highest BCUT2D eigenvalue weighted by Crippen LogP contribution is 2.47. The van der Waals surface area contributed by atoms with Gasteiger partial charge in [0.05, 0.1) is 45.0 Å². The first-order chi connectivity index (χ1) is 19.3. The van der Waals surface area contributed by atoms with Crippen molar-refractivity contribution in [3.63, 3.8) is 0 Å². The molecule has 3 aromatic rings. The molecule has 0 spiro atoms. The molecule has 10 nitrogen and oxygen atoms in total. The van der Waals surface area contributed by atoms with E-state index in [1.807, 2.05) is 0 Å². The molecule has 1 atom stereocenters. The van der Waals surface area contributed by atoms with Crippen LogP contribution >= 0.6 is 0 Å². The standard InChI is InChI=1S/C30H30N2O8/c1-5-39-27(34)19-7-12-22(13-8-19)31-29(36)30(21-11-16-24(37-3)25(17-21)38-4)18-26(33)32(30)23-14-9-20(10-15-23)28(35)40-6-2/h7-17H,5-6,18H2,1-4H3,(H,31,36). The number of methoxy groups -OCH3 is 2. The lowest BCUT2D eigenvalue weighted by atomic mass is 9.75. The van der Waals surface area contributed by atoms with E-state index in [9.17, 15) is 19.2 Å². The van der Waals surface area contributed by atoms with E-state index in [0.29, 0.717) is 39.6 Å². The van der Waals surface area contributed by atoms with Crippen molar-refractivity contribution >= 4 is 35.1 Å². The van der Waals surface area contributed by atoms with Gasteiger partial charge in [0.15, 0.2) is 17.0 Å². The predicted octanol–water partition coefficient (Wildman–Crippen LogP) is 4.33. The van der Waals surface area contributed by atoms with Crippen molar-refractivity contribution in [2.75, 3.05) is 37.7 Å². The minimum Gasteiger partial charge on any atom is -0.493 e. The molecule has 0 bridgehead atoms. The summed E-state index contributed by atoms with van der Waals surface area (Å²) in [6.07, 6.45) is -0.116. The first-order valence-electron chi connectivity index (χ1n) is 12.7. The molecule has 1 heterocycles. The van der Waals surface area contributed by atoms with Crippen LogP contribution in [0.1, 0.15) is 46.5 Å². The molecule has 40 heavy (non-hydrogen) atoms. The average molecular weight is 547 g/mol.